The van der Waals surface area contributed by atoms with Crippen molar-refractivity contribution in [2.75, 3.05) is 11.5 Å². The number of hydrogen-bond acceptors (Lipinski definition) is 7. The van der Waals surface area contributed by atoms with Gasteiger partial charge in [-0.3, -0.25) is 9.59 Å². The van der Waals surface area contributed by atoms with Crippen LogP contribution in [0.1, 0.15) is 20.8 Å². The summed E-state index contributed by atoms with van der Waals surface area (Å²) in [7, 11) is 2.59. The van der Waals surface area contributed by atoms with Gasteiger partial charge in [0, 0.05) is 11.5 Å². The second-order valence-electron chi connectivity index (χ2n) is 4.65. The molecule has 0 aromatic rings. The number of carboxylic acids is 1. The van der Waals surface area contributed by atoms with E-state index in [1.165, 1.54) is 21.6 Å². The van der Waals surface area contributed by atoms with Crippen molar-refractivity contribution in [1.29, 1.82) is 0 Å². The van der Waals surface area contributed by atoms with E-state index in [0.717, 1.165) is 0 Å². The Hall–Kier alpha value is -0.150. The molecule has 6 nitrogen and oxygen atoms in total. The van der Waals surface area contributed by atoms with Crippen LogP contribution >= 0.6 is 34.0 Å². The van der Waals surface area contributed by atoms with Crippen molar-refractivity contribution < 1.29 is 19.4 Å². The fourth-order valence-corrected chi connectivity index (χ4v) is 2.98. The maximum absolute atomic E-state index is 11.5. The van der Waals surface area contributed by atoms with Crippen LogP contribution in [-0.2, 0) is 14.3 Å². The molecule has 0 spiro atoms. The third-order valence-corrected chi connectivity index (χ3v) is 4.08. The molecule has 114 valence electrons. The summed E-state index contributed by atoms with van der Waals surface area (Å²) in [5.41, 5.74) is 10.4. The van der Waals surface area contributed by atoms with Crippen LogP contribution < -0.4 is 11.5 Å². The predicted molar refractivity (Wildman–Crippen MR) is 81.6 cm³/mol. The molecule has 2 atom stereocenters. The molecule has 0 aliphatic carbocycles. The van der Waals surface area contributed by atoms with Gasteiger partial charge in [0.15, 0.2) is 0 Å². The molecule has 9 heteroatoms. The minimum Gasteiger partial charge on any atom is -0.480 e. The standard InChI is InChI=1S/C10H20N2O4S2.ClH/c1-10(2,3)16-9(15)7(12)5-18-17-4-6(11)8(13)14;/h6-7H,4-5,11-12H2,1-3H3,(H,13,14);1H. The van der Waals surface area contributed by atoms with Gasteiger partial charge in [0.1, 0.15) is 17.7 Å². The Labute approximate surface area is 127 Å². The van der Waals surface area contributed by atoms with Crippen molar-refractivity contribution in [3.05, 3.63) is 0 Å². The Morgan fingerprint density at radius 3 is 1.95 bits per heavy atom. The molecule has 0 aliphatic heterocycles. The fraction of sp³-hybridized carbons (Fsp3) is 0.800. The third kappa shape index (κ3) is 11.4. The van der Waals surface area contributed by atoms with Gasteiger partial charge in [-0.25, -0.2) is 0 Å². The zero-order chi connectivity index (χ0) is 14.3. The minimum atomic E-state index is -1.04. The first kappa shape index (κ1) is 21.2. The van der Waals surface area contributed by atoms with Crippen LogP contribution in [-0.4, -0.2) is 46.2 Å². The quantitative estimate of drug-likeness (QED) is 0.357. The number of hydrogen-bond donors (Lipinski definition) is 3. The second kappa shape index (κ2) is 9.71. The highest BCUT2D eigenvalue weighted by molar-refractivity contribution is 8.76. The number of carbonyl (C=O) groups is 2. The Balaban J connectivity index is 0. The second-order valence-corrected chi connectivity index (χ2v) is 7.21. The van der Waals surface area contributed by atoms with Crippen molar-refractivity contribution in [3.8, 4) is 0 Å². The Morgan fingerprint density at radius 1 is 1.16 bits per heavy atom. The summed E-state index contributed by atoms with van der Waals surface area (Å²) in [6.07, 6.45) is 0. The van der Waals surface area contributed by atoms with Crippen LogP contribution in [0.2, 0.25) is 0 Å². The maximum atomic E-state index is 11.5. The van der Waals surface area contributed by atoms with Crippen molar-refractivity contribution >= 4 is 45.9 Å². The van der Waals surface area contributed by atoms with Crippen LogP contribution in [0.15, 0.2) is 0 Å². The maximum Gasteiger partial charge on any atom is 0.324 e. The highest BCUT2D eigenvalue weighted by Gasteiger charge is 2.22. The lowest BCUT2D eigenvalue weighted by molar-refractivity contribution is -0.155. The molecule has 0 rings (SSSR count). The molecule has 0 saturated carbocycles. The van der Waals surface area contributed by atoms with E-state index in [9.17, 15) is 9.59 Å². The Morgan fingerprint density at radius 2 is 1.58 bits per heavy atom. The average molecular weight is 333 g/mol. The Bertz CT molecular complexity index is 300. The molecule has 5 N–H and O–H groups in total. The van der Waals surface area contributed by atoms with Crippen LogP contribution in [0.3, 0.4) is 0 Å². The summed E-state index contributed by atoms with van der Waals surface area (Å²) < 4.78 is 5.11. The number of esters is 1. The van der Waals surface area contributed by atoms with Gasteiger partial charge in [-0.05, 0) is 20.8 Å². The molecule has 2 unspecified atom stereocenters. The number of ether oxygens (including phenoxy) is 1. The van der Waals surface area contributed by atoms with E-state index in [1.54, 1.807) is 20.8 Å². The van der Waals surface area contributed by atoms with Gasteiger partial charge in [0.2, 0.25) is 0 Å². The molecule has 0 aliphatic rings. The van der Waals surface area contributed by atoms with Gasteiger partial charge in [0.05, 0.1) is 0 Å². The molecular weight excluding hydrogens is 312 g/mol. The lowest BCUT2D eigenvalue weighted by atomic mass is 10.2. The Kier molecular flexibility index (Phi) is 10.8. The molecule has 0 saturated heterocycles. The largest absolute Gasteiger partial charge is 0.480 e. The van der Waals surface area contributed by atoms with Crippen LogP contribution in [0, 0.1) is 0 Å². The number of carbonyl (C=O) groups excluding carboxylic acids is 1. The molecular formula is C10H21ClN2O4S2. The summed E-state index contributed by atoms with van der Waals surface area (Å²) >= 11 is 0. The van der Waals surface area contributed by atoms with E-state index in [2.05, 4.69) is 0 Å². The molecule has 19 heavy (non-hydrogen) atoms. The minimum absolute atomic E-state index is 0. The molecule has 0 bridgehead atoms. The molecule has 0 aromatic carbocycles. The van der Waals surface area contributed by atoms with Gasteiger partial charge < -0.3 is 21.3 Å². The van der Waals surface area contributed by atoms with E-state index >= 15 is 0 Å². The van der Waals surface area contributed by atoms with Crippen LogP contribution in [0.25, 0.3) is 0 Å². The van der Waals surface area contributed by atoms with Gasteiger partial charge in [-0.15, -0.1) is 12.4 Å². The first-order chi connectivity index (χ1) is 8.13. The van der Waals surface area contributed by atoms with Gasteiger partial charge in [-0.2, -0.15) is 0 Å². The van der Waals surface area contributed by atoms with E-state index in [0.29, 0.717) is 5.75 Å². The lowest BCUT2D eigenvalue weighted by Crippen LogP contribution is -2.39. The lowest BCUT2D eigenvalue weighted by Gasteiger charge is -2.21. The molecule has 0 heterocycles. The van der Waals surface area contributed by atoms with Gasteiger partial charge in [0.25, 0.3) is 0 Å². The van der Waals surface area contributed by atoms with E-state index in [1.807, 2.05) is 0 Å². The molecule has 0 aromatic heterocycles. The predicted octanol–water partition coefficient (Wildman–Crippen LogP) is 0.871. The summed E-state index contributed by atoms with van der Waals surface area (Å²) in [5.74, 6) is -0.884. The number of aliphatic carboxylic acids is 1. The molecule has 0 amide bonds. The summed E-state index contributed by atoms with van der Waals surface area (Å²) in [4.78, 5) is 22.0. The fourth-order valence-electron chi connectivity index (χ4n) is 0.760. The van der Waals surface area contributed by atoms with Crippen molar-refractivity contribution in [2.45, 2.75) is 38.5 Å². The monoisotopic (exact) mass is 332 g/mol. The number of nitrogens with two attached hydrogens (primary N) is 2. The van der Waals surface area contributed by atoms with Crippen molar-refractivity contribution in [1.82, 2.24) is 0 Å². The van der Waals surface area contributed by atoms with E-state index in [4.69, 9.17) is 21.3 Å². The van der Waals surface area contributed by atoms with E-state index in [-0.39, 0.29) is 18.2 Å². The van der Waals surface area contributed by atoms with Crippen molar-refractivity contribution in [3.63, 3.8) is 0 Å². The van der Waals surface area contributed by atoms with Crippen molar-refractivity contribution in [2.24, 2.45) is 11.5 Å². The SMILES string of the molecule is CC(C)(C)OC(=O)C(N)CSSCC(N)C(=O)O.Cl. The van der Waals surface area contributed by atoms with Crippen LogP contribution in [0.4, 0.5) is 0 Å². The number of rotatable bonds is 7. The zero-order valence-electron chi connectivity index (χ0n) is 11.1. The number of carboxylic acid groups (broad SMARTS) is 1. The summed E-state index contributed by atoms with van der Waals surface area (Å²) in [5, 5.41) is 8.56. The highest BCUT2D eigenvalue weighted by Crippen LogP contribution is 2.22. The van der Waals surface area contributed by atoms with Gasteiger partial charge in [-0.1, -0.05) is 21.6 Å². The normalized spacial score (nSPS) is 14.2. The smallest absolute Gasteiger partial charge is 0.324 e. The molecule has 0 fully saturated rings. The first-order valence-corrected chi connectivity index (χ1v) is 7.83. The first-order valence-electron chi connectivity index (χ1n) is 5.34. The summed E-state index contributed by atoms with van der Waals surface area (Å²) in [6, 6.07) is -1.62. The van der Waals surface area contributed by atoms with E-state index < -0.39 is 29.6 Å². The number of halogens is 1. The third-order valence-electron chi connectivity index (χ3n) is 1.61. The molecule has 0 radical (unpaired) electrons. The van der Waals surface area contributed by atoms with Gasteiger partial charge >= 0.3 is 11.9 Å². The van der Waals surface area contributed by atoms with Crippen LogP contribution in [0.5, 0.6) is 0 Å². The zero-order valence-corrected chi connectivity index (χ0v) is 13.6. The highest BCUT2D eigenvalue weighted by atomic mass is 35.5. The average Bonchev–Trinajstić information content (AvgIpc) is 2.20. The summed E-state index contributed by atoms with van der Waals surface area (Å²) in [6.45, 7) is 5.31. The topological polar surface area (TPSA) is 116 Å².